The second kappa shape index (κ2) is 11.6. The Hall–Kier alpha value is -3.71. The molecule has 1 amide bonds. The van der Waals surface area contributed by atoms with Crippen LogP contribution in [0.4, 0.5) is 11.4 Å². The van der Waals surface area contributed by atoms with Gasteiger partial charge in [0.15, 0.2) is 0 Å². The third kappa shape index (κ3) is 5.98. The van der Waals surface area contributed by atoms with E-state index < -0.39 is 0 Å². The predicted molar refractivity (Wildman–Crippen MR) is 156 cm³/mol. The number of anilines is 2. The topological polar surface area (TPSA) is 115 Å². The minimum absolute atomic E-state index is 0.124. The summed E-state index contributed by atoms with van der Waals surface area (Å²) in [6, 6.07) is 19.3. The van der Waals surface area contributed by atoms with E-state index in [0.717, 1.165) is 55.5 Å². The van der Waals surface area contributed by atoms with Gasteiger partial charge in [-0.1, -0.05) is 31.5 Å². The summed E-state index contributed by atoms with van der Waals surface area (Å²) in [5.41, 5.74) is 10.8. The lowest BCUT2D eigenvalue weighted by Gasteiger charge is -2.44. The standard InChI is InChI=1S/C32H39N5O2/c1-3-6-25-19-26(38)17-20(2)37(25)24-13-10-21(11-14-24)30(34)27-18-23(12-15-28(27)33)32(39)36-31(22-8-9-22)29-7-4-5-16-35-29/h4-5,7,10-16,18,20,22,25-26,31,34,38H,3,6,8-9,17,19,33H2,1-2H3,(H,36,39). The molecule has 2 fully saturated rings. The third-order valence-corrected chi connectivity index (χ3v) is 8.07. The molecule has 7 heteroatoms. The third-order valence-electron chi connectivity index (χ3n) is 8.07. The van der Waals surface area contributed by atoms with E-state index in [-0.39, 0.29) is 29.8 Å². The molecule has 1 aliphatic heterocycles. The fourth-order valence-corrected chi connectivity index (χ4v) is 5.96. The lowest BCUT2D eigenvalue weighted by Crippen LogP contribution is -2.49. The number of hydrogen-bond acceptors (Lipinski definition) is 6. The number of nitrogens with one attached hydrogen (secondary N) is 2. The Morgan fingerprint density at radius 1 is 1.13 bits per heavy atom. The van der Waals surface area contributed by atoms with Gasteiger partial charge in [-0.3, -0.25) is 15.2 Å². The summed E-state index contributed by atoms with van der Waals surface area (Å²) in [4.78, 5) is 20.2. The van der Waals surface area contributed by atoms with E-state index >= 15 is 0 Å². The summed E-state index contributed by atoms with van der Waals surface area (Å²) in [7, 11) is 0. The van der Waals surface area contributed by atoms with Gasteiger partial charge in [-0.15, -0.1) is 0 Å². The molecule has 4 atom stereocenters. The van der Waals surface area contributed by atoms with Crippen molar-refractivity contribution < 1.29 is 9.90 Å². The van der Waals surface area contributed by atoms with Crippen LogP contribution in [0.15, 0.2) is 66.9 Å². The molecule has 1 saturated heterocycles. The highest BCUT2D eigenvalue weighted by molar-refractivity contribution is 6.15. The van der Waals surface area contributed by atoms with Gasteiger partial charge in [0.2, 0.25) is 0 Å². The number of amides is 1. The Labute approximate surface area is 231 Å². The van der Waals surface area contributed by atoms with Crippen LogP contribution in [0.3, 0.4) is 0 Å². The van der Waals surface area contributed by atoms with Crippen LogP contribution in [0.1, 0.15) is 85.6 Å². The number of pyridine rings is 1. The van der Waals surface area contributed by atoms with Crippen molar-refractivity contribution in [2.45, 2.75) is 76.6 Å². The van der Waals surface area contributed by atoms with Gasteiger partial charge >= 0.3 is 0 Å². The number of nitrogens with two attached hydrogens (primary N) is 1. The Morgan fingerprint density at radius 3 is 2.54 bits per heavy atom. The number of hydrogen-bond donors (Lipinski definition) is 4. The molecule has 39 heavy (non-hydrogen) atoms. The molecule has 0 radical (unpaired) electrons. The van der Waals surface area contributed by atoms with Crippen LogP contribution < -0.4 is 16.0 Å². The second-order valence-corrected chi connectivity index (χ2v) is 11.1. The van der Waals surface area contributed by atoms with Crippen molar-refractivity contribution in [3.63, 3.8) is 0 Å². The first-order valence-electron chi connectivity index (χ1n) is 14.1. The highest BCUT2D eigenvalue weighted by Gasteiger charge is 2.35. The number of carbonyl (C=O) groups excluding carboxylic acids is 1. The molecule has 2 aliphatic rings. The molecular formula is C32H39N5O2. The van der Waals surface area contributed by atoms with E-state index in [1.54, 1.807) is 24.4 Å². The van der Waals surface area contributed by atoms with Crippen LogP contribution in [0.5, 0.6) is 0 Å². The lowest BCUT2D eigenvalue weighted by atomic mass is 9.90. The van der Waals surface area contributed by atoms with Crippen molar-refractivity contribution in [3.05, 3.63) is 89.2 Å². The average molecular weight is 526 g/mol. The summed E-state index contributed by atoms with van der Waals surface area (Å²) in [6.45, 7) is 4.34. The van der Waals surface area contributed by atoms with Gasteiger partial charge in [0.1, 0.15) is 0 Å². The molecule has 1 aliphatic carbocycles. The summed E-state index contributed by atoms with van der Waals surface area (Å²) < 4.78 is 0. The number of nitrogen functional groups attached to an aromatic ring is 1. The second-order valence-electron chi connectivity index (χ2n) is 11.1. The quantitative estimate of drug-likeness (QED) is 0.218. The van der Waals surface area contributed by atoms with Crippen molar-refractivity contribution >= 4 is 23.0 Å². The Bertz CT molecular complexity index is 1310. The van der Waals surface area contributed by atoms with E-state index in [0.29, 0.717) is 28.8 Å². The SMILES string of the molecule is CCCC1CC(O)CC(C)N1c1ccc(C(=N)c2cc(C(=O)NC(c3ccccn3)C3CC3)ccc2N)cc1. The fraction of sp³-hybridized carbons (Fsp3) is 0.406. The molecule has 0 spiro atoms. The van der Waals surface area contributed by atoms with Gasteiger partial charge in [-0.05, 0) is 87.4 Å². The molecule has 3 aromatic rings. The Balaban J connectivity index is 1.34. The van der Waals surface area contributed by atoms with Crippen molar-refractivity contribution in [3.8, 4) is 0 Å². The highest BCUT2D eigenvalue weighted by atomic mass is 16.3. The molecule has 2 heterocycles. The molecule has 204 valence electrons. The highest BCUT2D eigenvalue weighted by Crippen LogP contribution is 2.40. The van der Waals surface area contributed by atoms with Crippen LogP contribution >= 0.6 is 0 Å². The van der Waals surface area contributed by atoms with Crippen LogP contribution in [-0.4, -0.2) is 39.9 Å². The van der Waals surface area contributed by atoms with E-state index in [9.17, 15) is 9.90 Å². The molecule has 7 nitrogen and oxygen atoms in total. The number of aliphatic hydroxyl groups excluding tert-OH is 1. The molecule has 1 saturated carbocycles. The van der Waals surface area contributed by atoms with Crippen molar-refractivity contribution in [1.29, 1.82) is 5.41 Å². The molecule has 5 N–H and O–H groups in total. The van der Waals surface area contributed by atoms with Gasteiger partial charge in [0.05, 0.1) is 23.6 Å². The summed E-state index contributed by atoms with van der Waals surface area (Å²) >= 11 is 0. The van der Waals surface area contributed by atoms with Gasteiger partial charge < -0.3 is 21.1 Å². The van der Waals surface area contributed by atoms with E-state index in [4.69, 9.17) is 11.1 Å². The molecule has 1 aromatic heterocycles. The first-order valence-corrected chi connectivity index (χ1v) is 14.1. The van der Waals surface area contributed by atoms with E-state index in [2.05, 4.69) is 41.2 Å². The van der Waals surface area contributed by atoms with Crippen molar-refractivity contribution in [2.75, 3.05) is 10.6 Å². The molecule has 5 rings (SSSR count). The number of nitrogens with zero attached hydrogens (tertiary/aromatic N) is 2. The average Bonchev–Trinajstić information content (AvgIpc) is 3.77. The minimum Gasteiger partial charge on any atom is -0.398 e. The summed E-state index contributed by atoms with van der Waals surface area (Å²) in [6.07, 6.45) is 7.28. The van der Waals surface area contributed by atoms with Gasteiger partial charge in [-0.2, -0.15) is 0 Å². The van der Waals surface area contributed by atoms with Crippen molar-refractivity contribution in [2.24, 2.45) is 5.92 Å². The molecular weight excluding hydrogens is 486 g/mol. The van der Waals surface area contributed by atoms with Gasteiger partial charge in [0.25, 0.3) is 5.91 Å². The van der Waals surface area contributed by atoms with Crippen LogP contribution in [0.25, 0.3) is 0 Å². The lowest BCUT2D eigenvalue weighted by molar-refractivity contribution is 0.0930. The fourth-order valence-electron chi connectivity index (χ4n) is 5.96. The zero-order chi connectivity index (χ0) is 27.5. The maximum Gasteiger partial charge on any atom is 0.251 e. The van der Waals surface area contributed by atoms with Crippen LogP contribution in [0, 0.1) is 11.3 Å². The van der Waals surface area contributed by atoms with E-state index in [1.165, 1.54) is 0 Å². The maximum absolute atomic E-state index is 13.3. The maximum atomic E-state index is 13.3. The summed E-state index contributed by atoms with van der Waals surface area (Å²) in [5.74, 6) is 0.210. The number of piperidine rings is 1. The minimum atomic E-state index is -0.254. The number of benzene rings is 2. The monoisotopic (exact) mass is 525 g/mol. The largest absolute Gasteiger partial charge is 0.398 e. The number of rotatable bonds is 9. The first-order chi connectivity index (χ1) is 18.9. The first kappa shape index (κ1) is 26.9. The zero-order valence-corrected chi connectivity index (χ0v) is 22.8. The number of aromatic nitrogens is 1. The number of carbonyl (C=O) groups is 1. The predicted octanol–water partition coefficient (Wildman–Crippen LogP) is 5.48. The van der Waals surface area contributed by atoms with Gasteiger partial charge in [0, 0.05) is 46.3 Å². The normalized spacial score (nSPS) is 21.8. The Morgan fingerprint density at radius 2 is 1.87 bits per heavy atom. The van der Waals surface area contributed by atoms with E-state index in [1.807, 2.05) is 30.3 Å². The van der Waals surface area contributed by atoms with Crippen LogP contribution in [-0.2, 0) is 0 Å². The molecule has 4 unspecified atom stereocenters. The zero-order valence-electron chi connectivity index (χ0n) is 22.8. The molecule has 0 bridgehead atoms. The summed E-state index contributed by atoms with van der Waals surface area (Å²) in [5, 5.41) is 22.4. The smallest absolute Gasteiger partial charge is 0.251 e. The van der Waals surface area contributed by atoms with Gasteiger partial charge in [-0.25, -0.2) is 0 Å². The number of aliphatic hydroxyl groups is 1. The molecule has 2 aromatic carbocycles. The van der Waals surface area contributed by atoms with Crippen molar-refractivity contribution in [1.82, 2.24) is 10.3 Å². The Kier molecular flexibility index (Phi) is 7.98. The van der Waals surface area contributed by atoms with Crippen LogP contribution in [0.2, 0.25) is 0 Å².